The zero-order chi connectivity index (χ0) is 10.8. The number of hydrogen-bond acceptors (Lipinski definition) is 3. The normalized spacial score (nSPS) is 17.5. The van der Waals surface area contributed by atoms with E-state index >= 15 is 0 Å². The van der Waals surface area contributed by atoms with Crippen LogP contribution in [0, 0.1) is 0 Å². The highest BCUT2D eigenvalue weighted by atomic mass is 15.2. The molecular weight excluding hydrogens is 188 g/mol. The standard InChI is InChI=1S/C11H20N4/c1-8(2)15-7-10(12)14-11(15)13-9-5-3-4-6-9/h7-9H,3-6,12H2,1-2H3,(H,13,14). The van der Waals surface area contributed by atoms with Crippen molar-refractivity contribution in [2.75, 3.05) is 11.1 Å². The van der Waals surface area contributed by atoms with Gasteiger partial charge in [0.05, 0.1) is 0 Å². The summed E-state index contributed by atoms with van der Waals surface area (Å²) in [6.07, 6.45) is 7.07. The summed E-state index contributed by atoms with van der Waals surface area (Å²) in [5.41, 5.74) is 5.72. The van der Waals surface area contributed by atoms with Crippen molar-refractivity contribution in [3.05, 3.63) is 6.20 Å². The zero-order valence-electron chi connectivity index (χ0n) is 9.53. The fraction of sp³-hybridized carbons (Fsp3) is 0.727. The molecule has 4 nitrogen and oxygen atoms in total. The van der Waals surface area contributed by atoms with Crippen molar-refractivity contribution in [3.63, 3.8) is 0 Å². The molecule has 0 unspecified atom stereocenters. The highest BCUT2D eigenvalue weighted by molar-refractivity contribution is 5.40. The number of hydrogen-bond donors (Lipinski definition) is 2. The monoisotopic (exact) mass is 208 g/mol. The molecule has 1 aromatic rings. The number of aromatic nitrogens is 2. The smallest absolute Gasteiger partial charge is 0.205 e. The first-order chi connectivity index (χ1) is 7.16. The SMILES string of the molecule is CC(C)n1cc(N)nc1NC1CCCC1. The van der Waals surface area contributed by atoms with E-state index in [2.05, 4.69) is 28.7 Å². The van der Waals surface area contributed by atoms with Crippen molar-refractivity contribution in [2.45, 2.75) is 51.6 Å². The number of nitrogen functional groups attached to an aromatic ring is 1. The zero-order valence-corrected chi connectivity index (χ0v) is 9.53. The van der Waals surface area contributed by atoms with Crippen LogP contribution in [0.2, 0.25) is 0 Å². The van der Waals surface area contributed by atoms with E-state index < -0.39 is 0 Å². The molecule has 0 atom stereocenters. The molecule has 1 saturated carbocycles. The van der Waals surface area contributed by atoms with Crippen LogP contribution in [-0.4, -0.2) is 15.6 Å². The van der Waals surface area contributed by atoms with Gasteiger partial charge in [-0.2, -0.15) is 4.98 Å². The van der Waals surface area contributed by atoms with Crippen molar-refractivity contribution < 1.29 is 0 Å². The van der Waals surface area contributed by atoms with Gasteiger partial charge in [-0.25, -0.2) is 0 Å². The molecule has 1 heterocycles. The lowest BCUT2D eigenvalue weighted by atomic mass is 10.2. The minimum absolute atomic E-state index is 0.402. The summed E-state index contributed by atoms with van der Waals surface area (Å²) >= 11 is 0. The van der Waals surface area contributed by atoms with Crippen LogP contribution in [-0.2, 0) is 0 Å². The summed E-state index contributed by atoms with van der Waals surface area (Å²) < 4.78 is 2.10. The van der Waals surface area contributed by atoms with Crippen LogP contribution in [0.5, 0.6) is 0 Å². The second kappa shape index (κ2) is 4.13. The molecular formula is C11H20N4. The summed E-state index contributed by atoms with van der Waals surface area (Å²) in [4.78, 5) is 4.32. The van der Waals surface area contributed by atoms with E-state index in [-0.39, 0.29) is 0 Å². The van der Waals surface area contributed by atoms with Crippen LogP contribution in [0.1, 0.15) is 45.6 Å². The maximum absolute atomic E-state index is 5.72. The van der Waals surface area contributed by atoms with Crippen LogP contribution >= 0.6 is 0 Å². The molecule has 0 bridgehead atoms. The van der Waals surface area contributed by atoms with E-state index in [1.165, 1.54) is 25.7 Å². The van der Waals surface area contributed by atoms with E-state index in [9.17, 15) is 0 Å². The Bertz CT molecular complexity index is 323. The van der Waals surface area contributed by atoms with Gasteiger partial charge in [0.1, 0.15) is 5.82 Å². The molecule has 1 aromatic heterocycles. The molecule has 84 valence electrons. The molecule has 1 fully saturated rings. The van der Waals surface area contributed by atoms with E-state index in [0.29, 0.717) is 17.9 Å². The number of anilines is 2. The van der Waals surface area contributed by atoms with Crippen LogP contribution in [0.3, 0.4) is 0 Å². The minimum Gasteiger partial charge on any atom is -0.382 e. The van der Waals surface area contributed by atoms with Gasteiger partial charge in [-0.1, -0.05) is 12.8 Å². The molecule has 15 heavy (non-hydrogen) atoms. The Morgan fingerprint density at radius 3 is 2.73 bits per heavy atom. The number of imidazole rings is 1. The topological polar surface area (TPSA) is 55.9 Å². The molecule has 1 aliphatic rings. The number of rotatable bonds is 3. The molecule has 2 rings (SSSR count). The van der Waals surface area contributed by atoms with Crippen molar-refractivity contribution >= 4 is 11.8 Å². The van der Waals surface area contributed by atoms with Crippen LogP contribution in [0.25, 0.3) is 0 Å². The lowest BCUT2D eigenvalue weighted by Gasteiger charge is -2.16. The molecule has 0 aromatic carbocycles. The lowest BCUT2D eigenvalue weighted by molar-refractivity contribution is 0.596. The van der Waals surface area contributed by atoms with E-state index in [0.717, 1.165) is 5.95 Å². The summed E-state index contributed by atoms with van der Waals surface area (Å²) in [7, 11) is 0. The average molecular weight is 208 g/mol. The number of nitrogens with two attached hydrogens (primary N) is 1. The van der Waals surface area contributed by atoms with Gasteiger partial charge in [-0.15, -0.1) is 0 Å². The van der Waals surface area contributed by atoms with Gasteiger partial charge in [0.15, 0.2) is 0 Å². The first-order valence-electron chi connectivity index (χ1n) is 5.77. The summed E-state index contributed by atoms with van der Waals surface area (Å²) in [6, 6.07) is 0.989. The molecule has 3 N–H and O–H groups in total. The first kappa shape index (κ1) is 10.3. The van der Waals surface area contributed by atoms with Crippen molar-refractivity contribution in [1.29, 1.82) is 0 Å². The molecule has 0 spiro atoms. The van der Waals surface area contributed by atoms with Gasteiger partial charge in [-0.05, 0) is 26.7 Å². The van der Waals surface area contributed by atoms with Crippen LogP contribution in [0.4, 0.5) is 11.8 Å². The van der Waals surface area contributed by atoms with Gasteiger partial charge in [0.25, 0.3) is 0 Å². The van der Waals surface area contributed by atoms with Gasteiger partial charge in [-0.3, -0.25) is 0 Å². The first-order valence-corrected chi connectivity index (χ1v) is 5.77. The lowest BCUT2D eigenvalue weighted by Crippen LogP contribution is -2.18. The predicted octanol–water partition coefficient (Wildman–Crippen LogP) is 2.40. The maximum atomic E-state index is 5.72. The third-order valence-electron chi connectivity index (χ3n) is 3.00. The largest absolute Gasteiger partial charge is 0.382 e. The Morgan fingerprint density at radius 2 is 2.13 bits per heavy atom. The van der Waals surface area contributed by atoms with Gasteiger partial charge < -0.3 is 15.6 Å². The highest BCUT2D eigenvalue weighted by Gasteiger charge is 2.17. The summed E-state index contributed by atoms with van der Waals surface area (Å²) in [5, 5.41) is 3.48. The third kappa shape index (κ3) is 2.25. The summed E-state index contributed by atoms with van der Waals surface area (Å²) in [6.45, 7) is 4.28. The average Bonchev–Trinajstić information content (AvgIpc) is 2.75. The molecule has 0 amide bonds. The fourth-order valence-corrected chi connectivity index (χ4v) is 2.17. The van der Waals surface area contributed by atoms with Crippen molar-refractivity contribution in [1.82, 2.24) is 9.55 Å². The van der Waals surface area contributed by atoms with Gasteiger partial charge in [0, 0.05) is 18.3 Å². The second-order valence-corrected chi connectivity index (χ2v) is 4.62. The Balaban J connectivity index is 2.11. The van der Waals surface area contributed by atoms with Crippen LogP contribution in [0.15, 0.2) is 6.20 Å². The van der Waals surface area contributed by atoms with Crippen molar-refractivity contribution in [2.24, 2.45) is 0 Å². The molecule has 4 heteroatoms. The van der Waals surface area contributed by atoms with E-state index in [1.54, 1.807) is 0 Å². The predicted molar refractivity (Wildman–Crippen MR) is 62.9 cm³/mol. The molecule has 1 aliphatic carbocycles. The van der Waals surface area contributed by atoms with Crippen molar-refractivity contribution in [3.8, 4) is 0 Å². The number of nitrogens with zero attached hydrogens (tertiary/aromatic N) is 2. The Labute approximate surface area is 90.9 Å². The Kier molecular flexibility index (Phi) is 2.84. The maximum Gasteiger partial charge on any atom is 0.205 e. The van der Waals surface area contributed by atoms with E-state index in [4.69, 9.17) is 5.73 Å². The molecule has 0 radical (unpaired) electrons. The Morgan fingerprint density at radius 1 is 1.47 bits per heavy atom. The third-order valence-corrected chi connectivity index (χ3v) is 3.00. The highest BCUT2D eigenvalue weighted by Crippen LogP contribution is 2.24. The fourth-order valence-electron chi connectivity index (χ4n) is 2.17. The second-order valence-electron chi connectivity index (χ2n) is 4.62. The quantitative estimate of drug-likeness (QED) is 0.802. The number of nitrogens with one attached hydrogen (secondary N) is 1. The molecule has 0 saturated heterocycles. The Hall–Kier alpha value is -1.19. The summed E-state index contributed by atoms with van der Waals surface area (Å²) in [5.74, 6) is 1.53. The van der Waals surface area contributed by atoms with Crippen LogP contribution < -0.4 is 11.1 Å². The molecule has 0 aliphatic heterocycles. The van der Waals surface area contributed by atoms with Gasteiger partial charge in [0.2, 0.25) is 5.95 Å². The van der Waals surface area contributed by atoms with E-state index in [1.807, 2.05) is 6.20 Å². The van der Waals surface area contributed by atoms with Gasteiger partial charge >= 0.3 is 0 Å². The minimum atomic E-state index is 0.402.